The van der Waals surface area contributed by atoms with E-state index in [1.165, 1.54) is 66.1 Å². The first-order valence-electron chi connectivity index (χ1n) is 23.0. The molecule has 0 aliphatic rings. The summed E-state index contributed by atoms with van der Waals surface area (Å²) in [5.74, 6) is 1.64. The van der Waals surface area contributed by atoms with Gasteiger partial charge in [0.05, 0.1) is 54.9 Å². The molecular weight excluding hydrogens is 817 g/mol. The zero-order valence-electron chi connectivity index (χ0n) is 37.0. The first kappa shape index (κ1) is 37.6. The standard InChI is InChI=1S/C62H42N4O/c1-39-17-3-9-23-49(39)65-51-25-11-5-19-43(51)47-37-41(33-35-55(47)65)63-53-27-13-7-21-45(53)61-57(63)29-15-31-59(61)67-60-32-16-30-58-62(60)46-22-8-14-28-54(46)64(58)42-34-36-56-48(38-42)44-20-6-12-26-52(44)66(56)50-24-10-4-18-40(50)2/h3-38H,1-2H3. The summed E-state index contributed by atoms with van der Waals surface area (Å²) in [6.45, 7) is 4.38. The van der Waals surface area contributed by atoms with E-state index in [9.17, 15) is 0 Å². The van der Waals surface area contributed by atoms with Crippen molar-refractivity contribution in [3.63, 3.8) is 0 Å². The summed E-state index contributed by atoms with van der Waals surface area (Å²) >= 11 is 0. The van der Waals surface area contributed by atoms with Crippen LogP contribution in [0.5, 0.6) is 11.5 Å². The quantitative estimate of drug-likeness (QED) is 0.164. The van der Waals surface area contributed by atoms with Crippen molar-refractivity contribution >= 4 is 87.2 Å². The van der Waals surface area contributed by atoms with Crippen LogP contribution < -0.4 is 4.74 Å². The van der Waals surface area contributed by atoms with Crippen LogP contribution in [-0.2, 0) is 0 Å². The second-order valence-electron chi connectivity index (χ2n) is 17.8. The molecule has 0 bridgehead atoms. The molecule has 0 saturated heterocycles. The van der Waals surface area contributed by atoms with Crippen LogP contribution in [0.25, 0.3) is 110 Å². The maximum Gasteiger partial charge on any atom is 0.137 e. The van der Waals surface area contributed by atoms with Crippen molar-refractivity contribution in [2.75, 3.05) is 0 Å². The van der Waals surface area contributed by atoms with Gasteiger partial charge in [0.2, 0.25) is 0 Å². The van der Waals surface area contributed by atoms with Crippen molar-refractivity contribution in [2.45, 2.75) is 13.8 Å². The summed E-state index contributed by atoms with van der Waals surface area (Å²) in [7, 11) is 0. The molecule has 4 heterocycles. The van der Waals surface area contributed by atoms with Gasteiger partial charge >= 0.3 is 0 Å². The molecule has 0 N–H and O–H groups in total. The van der Waals surface area contributed by atoms with Crippen molar-refractivity contribution in [1.82, 2.24) is 18.3 Å². The van der Waals surface area contributed by atoms with Gasteiger partial charge in [-0.3, -0.25) is 0 Å². The Morgan fingerprint density at radius 2 is 0.612 bits per heavy atom. The van der Waals surface area contributed by atoms with E-state index in [2.05, 4.69) is 251 Å². The van der Waals surface area contributed by atoms with Crippen molar-refractivity contribution in [2.24, 2.45) is 0 Å². The maximum atomic E-state index is 7.27. The Bertz CT molecular complexity index is 4070. The van der Waals surface area contributed by atoms with Crippen molar-refractivity contribution in [1.29, 1.82) is 0 Å². The third kappa shape index (κ3) is 5.43. The first-order chi connectivity index (χ1) is 33.1. The largest absolute Gasteiger partial charge is 0.456 e. The molecule has 316 valence electrons. The van der Waals surface area contributed by atoms with Crippen LogP contribution in [0.15, 0.2) is 218 Å². The Kier molecular flexibility index (Phi) is 8.05. The molecule has 0 aliphatic carbocycles. The second kappa shape index (κ2) is 14.4. The highest BCUT2D eigenvalue weighted by Gasteiger charge is 2.22. The second-order valence-corrected chi connectivity index (χ2v) is 17.8. The fourth-order valence-corrected chi connectivity index (χ4v) is 11.2. The van der Waals surface area contributed by atoms with Gasteiger partial charge in [-0.1, -0.05) is 121 Å². The minimum Gasteiger partial charge on any atom is -0.456 e. The molecule has 0 amide bonds. The Morgan fingerprint density at radius 1 is 0.269 bits per heavy atom. The lowest BCUT2D eigenvalue weighted by atomic mass is 10.1. The number of para-hydroxylation sites is 6. The predicted octanol–water partition coefficient (Wildman–Crippen LogP) is 16.5. The van der Waals surface area contributed by atoms with Gasteiger partial charge in [-0.25, -0.2) is 0 Å². The smallest absolute Gasteiger partial charge is 0.137 e. The third-order valence-corrected chi connectivity index (χ3v) is 14.1. The summed E-state index contributed by atoms with van der Waals surface area (Å²) in [5.41, 5.74) is 16.3. The van der Waals surface area contributed by atoms with Gasteiger partial charge in [0.25, 0.3) is 0 Å². The van der Waals surface area contributed by atoms with Crippen LogP contribution in [0.2, 0.25) is 0 Å². The number of hydrogen-bond acceptors (Lipinski definition) is 1. The van der Waals surface area contributed by atoms with Crippen LogP contribution in [0.1, 0.15) is 11.1 Å². The fourth-order valence-electron chi connectivity index (χ4n) is 11.2. The number of benzene rings is 10. The van der Waals surface area contributed by atoms with Gasteiger partial charge in [0, 0.05) is 55.1 Å². The van der Waals surface area contributed by atoms with Gasteiger partial charge in [-0.2, -0.15) is 0 Å². The zero-order valence-corrected chi connectivity index (χ0v) is 37.0. The maximum absolute atomic E-state index is 7.27. The summed E-state index contributed by atoms with van der Waals surface area (Å²) in [6.07, 6.45) is 0. The number of rotatable bonds is 6. The van der Waals surface area contributed by atoms with Gasteiger partial charge in [0.1, 0.15) is 11.5 Å². The minimum absolute atomic E-state index is 0.819. The Hall–Kier alpha value is -8.80. The van der Waals surface area contributed by atoms with Crippen LogP contribution in [0, 0.1) is 13.8 Å². The van der Waals surface area contributed by atoms with Crippen molar-refractivity contribution < 1.29 is 4.74 Å². The molecule has 14 rings (SSSR count). The molecule has 0 fully saturated rings. The van der Waals surface area contributed by atoms with Crippen molar-refractivity contribution in [3.8, 4) is 34.2 Å². The van der Waals surface area contributed by atoms with E-state index in [0.717, 1.165) is 66.5 Å². The lowest BCUT2D eigenvalue weighted by Crippen LogP contribution is -1.97. The molecule has 4 aromatic heterocycles. The van der Waals surface area contributed by atoms with E-state index in [1.54, 1.807) is 0 Å². The Morgan fingerprint density at radius 3 is 1.04 bits per heavy atom. The topological polar surface area (TPSA) is 28.9 Å². The highest BCUT2D eigenvalue weighted by Crippen LogP contribution is 2.45. The summed E-state index contributed by atoms with van der Waals surface area (Å²) in [4.78, 5) is 0. The van der Waals surface area contributed by atoms with E-state index in [0.29, 0.717) is 0 Å². The number of fused-ring (bicyclic) bond motifs is 12. The molecule has 0 unspecified atom stereocenters. The molecule has 0 saturated carbocycles. The lowest BCUT2D eigenvalue weighted by molar-refractivity contribution is 0.495. The average Bonchev–Trinajstić information content (AvgIpc) is 4.10. The monoisotopic (exact) mass is 858 g/mol. The molecule has 0 radical (unpaired) electrons. The van der Waals surface area contributed by atoms with Gasteiger partial charge < -0.3 is 23.0 Å². The fraction of sp³-hybridized carbons (Fsp3) is 0.0323. The molecule has 0 atom stereocenters. The summed E-state index contributed by atoms with van der Waals surface area (Å²) in [6, 6.07) is 79.0. The molecule has 5 nitrogen and oxygen atoms in total. The zero-order chi connectivity index (χ0) is 44.3. The van der Waals surface area contributed by atoms with Crippen LogP contribution in [0.4, 0.5) is 0 Å². The number of ether oxygens (including phenoxy) is 1. The summed E-state index contributed by atoms with van der Waals surface area (Å²) < 4.78 is 16.9. The molecule has 10 aromatic carbocycles. The van der Waals surface area contributed by atoms with Gasteiger partial charge in [-0.15, -0.1) is 0 Å². The highest BCUT2D eigenvalue weighted by molar-refractivity contribution is 6.16. The lowest BCUT2D eigenvalue weighted by Gasteiger charge is -2.13. The molecule has 0 aliphatic heterocycles. The number of aromatic nitrogens is 4. The number of aryl methyl sites for hydroxylation is 2. The Balaban J connectivity index is 0.938. The minimum atomic E-state index is 0.819. The molecule has 14 aromatic rings. The van der Waals surface area contributed by atoms with E-state index < -0.39 is 0 Å². The van der Waals surface area contributed by atoms with E-state index in [4.69, 9.17) is 4.74 Å². The average molecular weight is 859 g/mol. The van der Waals surface area contributed by atoms with Crippen LogP contribution in [0.3, 0.4) is 0 Å². The van der Waals surface area contributed by atoms with Gasteiger partial charge in [0.15, 0.2) is 0 Å². The number of hydrogen-bond donors (Lipinski definition) is 0. The number of nitrogens with zero attached hydrogens (tertiary/aromatic N) is 4. The SMILES string of the molecule is Cc1ccccc1-n1c2ccccc2c2cc(-n3c4ccccc4c4c(Oc5cccc6c5c5ccccc5n6-c5ccc6c(c5)c5ccccc5n6-c5ccccc5C)cccc43)ccc21. The molecule has 67 heavy (non-hydrogen) atoms. The summed E-state index contributed by atoms with van der Waals surface area (Å²) in [5, 5.41) is 9.34. The van der Waals surface area contributed by atoms with Crippen molar-refractivity contribution in [3.05, 3.63) is 230 Å². The Labute approximate surface area is 386 Å². The molecule has 0 spiro atoms. The highest BCUT2D eigenvalue weighted by atomic mass is 16.5. The van der Waals surface area contributed by atoms with E-state index in [1.807, 2.05) is 0 Å². The van der Waals surface area contributed by atoms with Crippen LogP contribution >= 0.6 is 0 Å². The third-order valence-electron chi connectivity index (χ3n) is 14.1. The van der Waals surface area contributed by atoms with Gasteiger partial charge in [-0.05, 0) is 122 Å². The molecule has 5 heteroatoms. The van der Waals surface area contributed by atoms with E-state index in [-0.39, 0.29) is 0 Å². The normalized spacial score (nSPS) is 12.0. The predicted molar refractivity (Wildman–Crippen MR) is 280 cm³/mol. The van der Waals surface area contributed by atoms with Crippen LogP contribution in [-0.4, -0.2) is 18.3 Å². The first-order valence-corrected chi connectivity index (χ1v) is 23.0. The molecular formula is C62H42N4O. The van der Waals surface area contributed by atoms with E-state index >= 15 is 0 Å².